The maximum absolute atomic E-state index is 13.0. The summed E-state index contributed by atoms with van der Waals surface area (Å²) < 4.78 is 76.9. The molecule has 220 valence electrons. The van der Waals surface area contributed by atoms with Crippen molar-refractivity contribution in [1.29, 1.82) is 0 Å². The van der Waals surface area contributed by atoms with E-state index in [2.05, 4.69) is 21.3 Å². The van der Waals surface area contributed by atoms with Crippen molar-refractivity contribution in [2.24, 2.45) is 0 Å². The van der Waals surface area contributed by atoms with Gasteiger partial charge in [0.25, 0.3) is 0 Å². The van der Waals surface area contributed by atoms with Gasteiger partial charge in [0, 0.05) is 35.1 Å². The highest BCUT2D eigenvalue weighted by Gasteiger charge is 2.31. The van der Waals surface area contributed by atoms with Gasteiger partial charge in [0.1, 0.15) is 24.1 Å². The van der Waals surface area contributed by atoms with Crippen molar-refractivity contribution in [3.63, 3.8) is 0 Å². The van der Waals surface area contributed by atoms with Gasteiger partial charge >= 0.3 is 12.3 Å². The van der Waals surface area contributed by atoms with Crippen molar-refractivity contribution >= 4 is 38.5 Å². The molecule has 8 nitrogen and oxygen atoms in total. The van der Waals surface area contributed by atoms with Gasteiger partial charge in [0.15, 0.2) is 0 Å². The number of hydrogen-bond acceptors (Lipinski definition) is 5. The predicted octanol–water partition coefficient (Wildman–Crippen LogP) is 5.62. The summed E-state index contributed by atoms with van der Waals surface area (Å²) in [6, 6.07) is 14.3. The van der Waals surface area contributed by atoms with Crippen molar-refractivity contribution in [1.82, 2.24) is 9.29 Å². The van der Waals surface area contributed by atoms with Crippen LogP contribution >= 0.6 is 11.6 Å². The first kappa shape index (κ1) is 30.8. The molecule has 1 atom stereocenters. The topological polar surface area (TPSA) is 107 Å². The van der Waals surface area contributed by atoms with Gasteiger partial charge in [-0.3, -0.25) is 4.79 Å². The van der Waals surface area contributed by atoms with Crippen LogP contribution in [-0.4, -0.2) is 43.1 Å². The molecule has 0 bridgehead atoms. The van der Waals surface area contributed by atoms with Gasteiger partial charge in [0.05, 0.1) is 4.90 Å². The zero-order valence-corrected chi connectivity index (χ0v) is 23.6. The number of carboxylic acids is 1. The van der Waals surface area contributed by atoms with Gasteiger partial charge in [-0.25, -0.2) is 8.42 Å². The fourth-order valence-corrected chi connectivity index (χ4v) is 5.55. The number of benzene rings is 3. The molecule has 42 heavy (non-hydrogen) atoms. The molecule has 0 fully saturated rings. The van der Waals surface area contributed by atoms with Crippen molar-refractivity contribution in [3.8, 4) is 23.3 Å². The third-order valence-electron chi connectivity index (χ3n) is 6.08. The second kappa shape index (κ2) is 12.8. The van der Waals surface area contributed by atoms with Gasteiger partial charge in [-0.15, -0.1) is 19.1 Å². The first-order valence-corrected chi connectivity index (χ1v) is 14.2. The summed E-state index contributed by atoms with van der Waals surface area (Å²) >= 11 is 6.21. The van der Waals surface area contributed by atoms with Gasteiger partial charge in [-0.1, -0.05) is 29.7 Å². The van der Waals surface area contributed by atoms with Crippen LogP contribution in [0.3, 0.4) is 0 Å². The van der Waals surface area contributed by atoms with Gasteiger partial charge in [-0.2, -0.15) is 4.72 Å². The van der Waals surface area contributed by atoms with E-state index >= 15 is 0 Å². The molecule has 0 saturated heterocycles. The average Bonchev–Trinajstić information content (AvgIpc) is 3.24. The fraction of sp³-hybridized carbons (Fsp3) is 0.207. The second-order valence-corrected chi connectivity index (χ2v) is 11.2. The Morgan fingerprint density at radius 1 is 1.07 bits per heavy atom. The smallest absolute Gasteiger partial charge is 0.481 e. The Labute approximate surface area is 244 Å². The number of carboxylic acid groups (broad SMARTS) is 1. The van der Waals surface area contributed by atoms with Gasteiger partial charge < -0.3 is 19.1 Å². The largest absolute Gasteiger partial charge is 0.573 e. The first-order valence-electron chi connectivity index (χ1n) is 12.3. The molecule has 0 spiro atoms. The molecule has 3 aromatic carbocycles. The first-order chi connectivity index (χ1) is 19.8. The summed E-state index contributed by atoms with van der Waals surface area (Å²) in [6.07, 6.45) is -3.36. The van der Waals surface area contributed by atoms with Crippen LogP contribution < -0.4 is 14.2 Å². The molecular formula is C29H24ClF3N2O6S. The number of sulfonamides is 1. The number of rotatable bonds is 11. The van der Waals surface area contributed by atoms with E-state index in [1.54, 1.807) is 35.9 Å². The van der Waals surface area contributed by atoms with Gasteiger partial charge in [0.2, 0.25) is 10.0 Å². The molecule has 0 aliphatic carbocycles. The number of fused-ring (bicyclic) bond motifs is 1. The highest BCUT2D eigenvalue weighted by atomic mass is 35.5. The number of nitrogens with zero attached hydrogens (tertiary/aromatic N) is 1. The van der Waals surface area contributed by atoms with E-state index in [0.717, 1.165) is 0 Å². The summed E-state index contributed by atoms with van der Waals surface area (Å²) in [5.41, 5.74) is 1.81. The molecule has 1 aromatic heterocycles. The number of aromatic nitrogens is 1. The Morgan fingerprint density at radius 2 is 1.74 bits per heavy atom. The molecule has 4 rings (SSSR count). The number of halogens is 4. The number of ether oxygens (including phenoxy) is 2. The molecule has 13 heteroatoms. The number of carbonyl (C=O) groups is 1. The molecule has 0 aliphatic heterocycles. The SMILES string of the molecule is CC#CCOc1ccc(S(=O)(=O)NC(Cc2cn(Cc3ccc(OC(F)(F)F)cc3)c3ccc(Cl)cc23)C(=O)O)cc1. The molecule has 0 aliphatic rings. The molecule has 0 radical (unpaired) electrons. The van der Waals surface area contributed by atoms with Crippen LogP contribution in [-0.2, 0) is 27.8 Å². The quantitative estimate of drug-likeness (QED) is 0.211. The molecule has 1 heterocycles. The van der Waals surface area contributed by atoms with Crippen LogP contribution in [0, 0.1) is 11.8 Å². The second-order valence-electron chi connectivity index (χ2n) is 9.04. The lowest BCUT2D eigenvalue weighted by Gasteiger charge is -2.15. The molecule has 0 saturated carbocycles. The van der Waals surface area contributed by atoms with E-state index < -0.39 is 28.4 Å². The highest BCUT2D eigenvalue weighted by molar-refractivity contribution is 7.89. The zero-order chi connectivity index (χ0) is 30.5. The van der Waals surface area contributed by atoms with Crippen LogP contribution in [0.2, 0.25) is 5.02 Å². The number of hydrogen-bond donors (Lipinski definition) is 2. The molecule has 2 N–H and O–H groups in total. The monoisotopic (exact) mass is 620 g/mol. The van der Waals surface area contributed by atoms with E-state index in [0.29, 0.717) is 32.8 Å². The lowest BCUT2D eigenvalue weighted by atomic mass is 10.1. The number of nitrogens with one attached hydrogen (secondary N) is 1. The Balaban J connectivity index is 1.57. The maximum atomic E-state index is 13.0. The molecule has 1 unspecified atom stereocenters. The van der Waals surface area contributed by atoms with E-state index in [1.807, 2.05) is 0 Å². The van der Waals surface area contributed by atoms with Gasteiger partial charge in [-0.05, 0) is 72.6 Å². The third-order valence-corrected chi connectivity index (χ3v) is 7.80. The van der Waals surface area contributed by atoms with E-state index in [1.165, 1.54) is 48.5 Å². The van der Waals surface area contributed by atoms with Crippen molar-refractivity contribution < 1.29 is 41.0 Å². The van der Waals surface area contributed by atoms with E-state index in [-0.39, 0.29) is 30.2 Å². The minimum absolute atomic E-state index is 0.136. The standard InChI is InChI=1S/C29H24ClF3N2O6S/c1-2-3-14-40-22-9-11-24(12-10-22)42(38,39)34-26(28(36)37)15-20-18-35(27-13-6-21(30)16-25(20)27)17-19-4-7-23(8-5-19)41-29(31,32)33/h4-13,16,18,26,34H,14-15,17H2,1H3,(H,36,37). The normalized spacial score (nSPS) is 12.4. The van der Waals surface area contributed by atoms with Crippen LogP contribution in [0.5, 0.6) is 11.5 Å². The minimum Gasteiger partial charge on any atom is -0.481 e. The summed E-state index contributed by atoms with van der Waals surface area (Å²) in [6.45, 7) is 2.03. The Morgan fingerprint density at radius 3 is 2.36 bits per heavy atom. The van der Waals surface area contributed by atoms with Crippen LogP contribution in [0.25, 0.3) is 10.9 Å². The lowest BCUT2D eigenvalue weighted by molar-refractivity contribution is -0.274. The van der Waals surface area contributed by atoms with E-state index in [4.69, 9.17) is 16.3 Å². The third kappa shape index (κ3) is 7.97. The Kier molecular flexibility index (Phi) is 9.36. The molecule has 0 amide bonds. The van der Waals surface area contributed by atoms with Crippen molar-refractivity contribution in [3.05, 3.63) is 89.1 Å². The summed E-state index contributed by atoms with van der Waals surface area (Å²) in [4.78, 5) is 12.0. The fourth-order valence-electron chi connectivity index (χ4n) is 4.19. The predicted molar refractivity (Wildman–Crippen MR) is 150 cm³/mol. The van der Waals surface area contributed by atoms with Crippen LogP contribution in [0.4, 0.5) is 13.2 Å². The number of alkyl halides is 3. The summed E-state index contributed by atoms with van der Waals surface area (Å²) in [7, 11) is -4.23. The van der Waals surface area contributed by atoms with Crippen LogP contribution in [0.15, 0.2) is 77.8 Å². The minimum atomic E-state index is -4.81. The van der Waals surface area contributed by atoms with E-state index in [9.17, 15) is 31.5 Å². The highest BCUT2D eigenvalue weighted by Crippen LogP contribution is 2.28. The van der Waals surface area contributed by atoms with Crippen LogP contribution in [0.1, 0.15) is 18.1 Å². The molecule has 4 aromatic rings. The summed E-state index contributed by atoms with van der Waals surface area (Å²) in [5.74, 6) is 4.05. The summed E-state index contributed by atoms with van der Waals surface area (Å²) in [5, 5.41) is 10.9. The lowest BCUT2D eigenvalue weighted by Crippen LogP contribution is -2.42. The zero-order valence-electron chi connectivity index (χ0n) is 22.0. The molecular weight excluding hydrogens is 597 g/mol. The Hall–Kier alpha value is -4.18. The van der Waals surface area contributed by atoms with Crippen molar-refractivity contribution in [2.45, 2.75) is 37.2 Å². The number of aliphatic carboxylic acids is 1. The Bertz CT molecular complexity index is 1740. The maximum Gasteiger partial charge on any atom is 0.573 e. The average molecular weight is 621 g/mol. The van der Waals surface area contributed by atoms with Crippen molar-refractivity contribution in [2.75, 3.05) is 6.61 Å².